The van der Waals surface area contributed by atoms with Crippen molar-refractivity contribution in [2.45, 2.75) is 4.90 Å². The molecule has 84 valence electrons. The number of thioether (sulfide) groups is 1. The van der Waals surface area contributed by atoms with Gasteiger partial charge in [-0.05, 0) is 37.0 Å². The molecule has 0 unspecified atom stereocenters. The van der Waals surface area contributed by atoms with Gasteiger partial charge in [-0.1, -0.05) is 30.3 Å². The lowest BCUT2D eigenvalue weighted by Crippen LogP contribution is -2.14. The van der Waals surface area contributed by atoms with Gasteiger partial charge in [0.05, 0.1) is 0 Å². The van der Waals surface area contributed by atoms with Crippen LogP contribution in [0.5, 0.6) is 0 Å². The van der Waals surface area contributed by atoms with Crippen LogP contribution in [0.3, 0.4) is 0 Å². The largest absolute Gasteiger partial charge is 0.309 e. The molecule has 0 spiro atoms. The SMILES string of the molecule is CN(C)CCSc1ccc2ccccc2c1. The number of hydrogen-bond donors (Lipinski definition) is 0. The number of fused-ring (bicyclic) bond motifs is 1. The second kappa shape index (κ2) is 5.37. The summed E-state index contributed by atoms with van der Waals surface area (Å²) in [5.74, 6) is 1.14. The molecular weight excluding hydrogens is 214 g/mol. The molecule has 0 aliphatic rings. The molecule has 0 aromatic heterocycles. The predicted molar refractivity (Wildman–Crippen MR) is 73.2 cm³/mol. The lowest BCUT2D eigenvalue weighted by molar-refractivity contribution is 0.437. The van der Waals surface area contributed by atoms with E-state index in [4.69, 9.17) is 0 Å². The van der Waals surface area contributed by atoms with Crippen molar-refractivity contribution in [3.8, 4) is 0 Å². The molecular formula is C14H17NS. The molecule has 2 heteroatoms. The normalized spacial score (nSPS) is 11.2. The van der Waals surface area contributed by atoms with Gasteiger partial charge < -0.3 is 4.90 Å². The average molecular weight is 231 g/mol. The fourth-order valence-corrected chi connectivity index (χ4v) is 2.67. The van der Waals surface area contributed by atoms with Crippen molar-refractivity contribution >= 4 is 22.5 Å². The highest BCUT2D eigenvalue weighted by Gasteiger charge is 1.97. The fourth-order valence-electron chi connectivity index (χ4n) is 1.60. The Kier molecular flexibility index (Phi) is 3.86. The smallest absolute Gasteiger partial charge is 0.0108 e. The number of hydrogen-bond acceptors (Lipinski definition) is 2. The lowest BCUT2D eigenvalue weighted by atomic mass is 10.1. The summed E-state index contributed by atoms with van der Waals surface area (Å²) in [5, 5.41) is 2.65. The van der Waals surface area contributed by atoms with Crippen molar-refractivity contribution in [3.05, 3.63) is 42.5 Å². The van der Waals surface area contributed by atoms with Crippen LogP contribution in [-0.2, 0) is 0 Å². The highest BCUT2D eigenvalue weighted by Crippen LogP contribution is 2.23. The first kappa shape index (κ1) is 11.5. The van der Waals surface area contributed by atoms with Gasteiger partial charge in [-0.25, -0.2) is 0 Å². The average Bonchev–Trinajstić information content (AvgIpc) is 2.28. The van der Waals surface area contributed by atoms with Gasteiger partial charge in [-0.3, -0.25) is 0 Å². The summed E-state index contributed by atoms with van der Waals surface area (Å²) >= 11 is 1.92. The lowest BCUT2D eigenvalue weighted by Gasteiger charge is -2.09. The maximum Gasteiger partial charge on any atom is 0.0108 e. The number of rotatable bonds is 4. The summed E-state index contributed by atoms with van der Waals surface area (Å²) < 4.78 is 0. The van der Waals surface area contributed by atoms with Crippen LogP contribution in [0.15, 0.2) is 47.4 Å². The van der Waals surface area contributed by atoms with Crippen molar-refractivity contribution in [2.24, 2.45) is 0 Å². The van der Waals surface area contributed by atoms with Gasteiger partial charge in [0.15, 0.2) is 0 Å². The Hall–Kier alpha value is -0.990. The van der Waals surface area contributed by atoms with Crippen LogP contribution in [0.1, 0.15) is 0 Å². The van der Waals surface area contributed by atoms with Gasteiger partial charge >= 0.3 is 0 Å². The zero-order valence-corrected chi connectivity index (χ0v) is 10.6. The van der Waals surface area contributed by atoms with E-state index in [1.54, 1.807) is 0 Å². The first-order valence-electron chi connectivity index (χ1n) is 5.52. The zero-order valence-electron chi connectivity index (χ0n) is 9.81. The molecule has 0 saturated heterocycles. The third kappa shape index (κ3) is 3.00. The van der Waals surface area contributed by atoms with E-state index in [9.17, 15) is 0 Å². The molecule has 0 aliphatic carbocycles. The first-order valence-corrected chi connectivity index (χ1v) is 6.50. The van der Waals surface area contributed by atoms with E-state index in [2.05, 4.69) is 61.5 Å². The van der Waals surface area contributed by atoms with E-state index >= 15 is 0 Å². The van der Waals surface area contributed by atoms with Crippen LogP contribution < -0.4 is 0 Å². The first-order chi connectivity index (χ1) is 7.75. The van der Waals surface area contributed by atoms with Crippen LogP contribution >= 0.6 is 11.8 Å². The Morgan fingerprint density at radius 1 is 1.00 bits per heavy atom. The molecule has 16 heavy (non-hydrogen) atoms. The van der Waals surface area contributed by atoms with E-state index < -0.39 is 0 Å². The van der Waals surface area contributed by atoms with Crippen LogP contribution in [0, 0.1) is 0 Å². The molecule has 0 aliphatic heterocycles. The fraction of sp³-hybridized carbons (Fsp3) is 0.286. The summed E-state index contributed by atoms with van der Waals surface area (Å²) in [5.41, 5.74) is 0. The molecule has 2 aromatic rings. The molecule has 0 atom stereocenters. The van der Waals surface area contributed by atoms with Gasteiger partial charge in [-0.2, -0.15) is 0 Å². The van der Waals surface area contributed by atoms with Crippen LogP contribution in [0.4, 0.5) is 0 Å². The van der Waals surface area contributed by atoms with E-state index in [1.807, 2.05) is 11.8 Å². The van der Waals surface area contributed by atoms with Gasteiger partial charge in [-0.15, -0.1) is 11.8 Å². The third-order valence-electron chi connectivity index (χ3n) is 2.53. The summed E-state index contributed by atoms with van der Waals surface area (Å²) in [7, 11) is 4.22. The maximum atomic E-state index is 2.27. The predicted octanol–water partition coefficient (Wildman–Crippen LogP) is 3.49. The highest BCUT2D eigenvalue weighted by atomic mass is 32.2. The Morgan fingerprint density at radius 2 is 1.75 bits per heavy atom. The van der Waals surface area contributed by atoms with Crippen molar-refractivity contribution < 1.29 is 0 Å². The van der Waals surface area contributed by atoms with Crippen molar-refractivity contribution in [1.29, 1.82) is 0 Å². The van der Waals surface area contributed by atoms with Gasteiger partial charge in [0, 0.05) is 17.2 Å². The molecule has 2 aromatic carbocycles. The summed E-state index contributed by atoms with van der Waals surface area (Å²) in [6.45, 7) is 1.12. The number of nitrogens with zero attached hydrogens (tertiary/aromatic N) is 1. The Bertz CT molecular complexity index is 465. The van der Waals surface area contributed by atoms with Gasteiger partial charge in [0.2, 0.25) is 0 Å². The second-order valence-corrected chi connectivity index (χ2v) is 5.33. The minimum absolute atomic E-state index is 1.12. The summed E-state index contributed by atoms with van der Waals surface area (Å²) in [6, 6.07) is 15.2. The van der Waals surface area contributed by atoms with Crippen LogP contribution in [0.2, 0.25) is 0 Å². The third-order valence-corrected chi connectivity index (χ3v) is 3.50. The van der Waals surface area contributed by atoms with Crippen molar-refractivity contribution in [2.75, 3.05) is 26.4 Å². The van der Waals surface area contributed by atoms with Gasteiger partial charge in [0.1, 0.15) is 0 Å². The molecule has 0 bridgehead atoms. The number of benzene rings is 2. The molecule has 0 N–H and O–H groups in total. The van der Waals surface area contributed by atoms with E-state index in [0.29, 0.717) is 0 Å². The minimum atomic E-state index is 1.12. The van der Waals surface area contributed by atoms with Crippen LogP contribution in [0.25, 0.3) is 10.8 Å². The molecule has 0 heterocycles. The molecule has 1 nitrogen and oxygen atoms in total. The monoisotopic (exact) mass is 231 g/mol. The van der Waals surface area contributed by atoms with Crippen molar-refractivity contribution in [3.63, 3.8) is 0 Å². The minimum Gasteiger partial charge on any atom is -0.309 e. The highest BCUT2D eigenvalue weighted by molar-refractivity contribution is 7.99. The van der Waals surface area contributed by atoms with Crippen molar-refractivity contribution in [1.82, 2.24) is 4.90 Å². The second-order valence-electron chi connectivity index (χ2n) is 4.16. The van der Waals surface area contributed by atoms with E-state index in [1.165, 1.54) is 15.7 Å². The standard InChI is InChI=1S/C14H17NS/c1-15(2)9-10-16-14-8-7-12-5-3-4-6-13(12)11-14/h3-8,11H,9-10H2,1-2H3. The van der Waals surface area contributed by atoms with Gasteiger partial charge in [0.25, 0.3) is 0 Å². The molecule has 0 fully saturated rings. The quantitative estimate of drug-likeness (QED) is 0.741. The molecule has 0 saturated carbocycles. The van der Waals surface area contributed by atoms with Crippen LogP contribution in [-0.4, -0.2) is 31.3 Å². The Balaban J connectivity index is 2.08. The van der Waals surface area contributed by atoms with E-state index in [-0.39, 0.29) is 0 Å². The summed E-state index contributed by atoms with van der Waals surface area (Å²) in [4.78, 5) is 3.58. The zero-order chi connectivity index (χ0) is 11.4. The molecule has 0 amide bonds. The Labute approximate surface area is 101 Å². The molecule has 2 rings (SSSR count). The topological polar surface area (TPSA) is 3.24 Å². The maximum absolute atomic E-state index is 2.27. The Morgan fingerprint density at radius 3 is 2.50 bits per heavy atom. The summed E-state index contributed by atoms with van der Waals surface area (Å²) in [6.07, 6.45) is 0. The molecule has 0 radical (unpaired) electrons. The van der Waals surface area contributed by atoms with E-state index in [0.717, 1.165) is 12.3 Å².